The molecule has 0 aliphatic heterocycles. The summed E-state index contributed by atoms with van der Waals surface area (Å²) in [7, 11) is 0. The van der Waals surface area contributed by atoms with Gasteiger partial charge in [-0.1, -0.05) is 41.5 Å². The number of imidazole rings is 1. The molecule has 1 heterocycles. The van der Waals surface area contributed by atoms with Crippen molar-refractivity contribution in [3.8, 4) is 0 Å². The molecule has 0 saturated heterocycles. The van der Waals surface area contributed by atoms with Gasteiger partial charge in [-0.15, -0.1) is 0 Å². The molecule has 0 aromatic carbocycles. The number of aryl methyl sites for hydroxylation is 1. The number of hydrogen-bond acceptors (Lipinski definition) is 1. The molecule has 1 unspecified atom stereocenters. The Bertz CT molecular complexity index is 361. The van der Waals surface area contributed by atoms with Crippen molar-refractivity contribution in [2.24, 2.45) is 5.41 Å². The molecule has 16 heavy (non-hydrogen) atoms. The van der Waals surface area contributed by atoms with Crippen LogP contribution in [-0.4, -0.2) is 9.55 Å². The summed E-state index contributed by atoms with van der Waals surface area (Å²) in [6.07, 6.45) is 2.18. The Hall–Kier alpha value is -0.790. The van der Waals surface area contributed by atoms with E-state index in [1.807, 2.05) is 0 Å². The topological polar surface area (TPSA) is 17.8 Å². The molecule has 92 valence electrons. The minimum Gasteiger partial charge on any atom is -0.331 e. The molecule has 0 aliphatic carbocycles. The second-order valence-electron chi connectivity index (χ2n) is 6.91. The lowest BCUT2D eigenvalue weighted by molar-refractivity contribution is 0.250. The first-order chi connectivity index (χ1) is 7.03. The van der Waals surface area contributed by atoms with Crippen LogP contribution in [0.4, 0.5) is 0 Å². The quantitative estimate of drug-likeness (QED) is 0.699. The first-order valence-electron chi connectivity index (χ1n) is 6.09. The summed E-state index contributed by atoms with van der Waals surface area (Å²) in [6, 6.07) is 0.461. The van der Waals surface area contributed by atoms with Crippen LogP contribution in [0.1, 0.15) is 66.0 Å². The summed E-state index contributed by atoms with van der Waals surface area (Å²) in [5, 5.41) is 0. The lowest BCUT2D eigenvalue weighted by atomic mass is 9.86. The lowest BCUT2D eigenvalue weighted by Crippen LogP contribution is -2.27. The van der Waals surface area contributed by atoms with Crippen LogP contribution in [0.2, 0.25) is 0 Å². The van der Waals surface area contributed by atoms with Crippen LogP contribution in [-0.2, 0) is 5.41 Å². The molecule has 0 spiro atoms. The molecule has 1 aromatic heterocycles. The summed E-state index contributed by atoms with van der Waals surface area (Å²) < 4.78 is 2.34. The number of nitrogens with zero attached hydrogens (tertiary/aromatic N) is 2. The van der Waals surface area contributed by atoms with E-state index in [0.29, 0.717) is 6.04 Å². The number of aromatic nitrogens is 2. The Kier molecular flexibility index (Phi) is 3.24. The predicted molar refractivity (Wildman–Crippen MR) is 69.8 cm³/mol. The highest BCUT2D eigenvalue weighted by Gasteiger charge is 2.28. The molecular weight excluding hydrogens is 196 g/mol. The third kappa shape index (κ3) is 2.66. The van der Waals surface area contributed by atoms with Gasteiger partial charge in [0.15, 0.2) is 0 Å². The fourth-order valence-corrected chi connectivity index (χ4v) is 1.78. The van der Waals surface area contributed by atoms with E-state index in [1.165, 1.54) is 5.82 Å². The van der Waals surface area contributed by atoms with Gasteiger partial charge in [-0.25, -0.2) is 4.98 Å². The van der Waals surface area contributed by atoms with Gasteiger partial charge in [0.25, 0.3) is 0 Å². The van der Waals surface area contributed by atoms with Gasteiger partial charge in [0.1, 0.15) is 5.82 Å². The SMILES string of the molecule is Cc1cn(C(C)C(C)(C)C)c(C(C)(C)C)n1. The first kappa shape index (κ1) is 13.3. The number of hydrogen-bond donors (Lipinski definition) is 0. The van der Waals surface area contributed by atoms with Crippen LogP contribution in [0.15, 0.2) is 6.20 Å². The zero-order chi connectivity index (χ0) is 12.7. The second-order valence-corrected chi connectivity index (χ2v) is 6.91. The van der Waals surface area contributed by atoms with E-state index in [0.717, 1.165) is 5.69 Å². The Morgan fingerprint density at radius 2 is 1.62 bits per heavy atom. The first-order valence-corrected chi connectivity index (χ1v) is 6.09. The molecule has 0 radical (unpaired) electrons. The fraction of sp³-hybridized carbons (Fsp3) is 0.786. The Labute approximate surface area is 100 Å². The molecule has 1 atom stereocenters. The molecule has 0 saturated carbocycles. The van der Waals surface area contributed by atoms with Gasteiger partial charge in [0.2, 0.25) is 0 Å². The van der Waals surface area contributed by atoms with Crippen LogP contribution in [0.25, 0.3) is 0 Å². The summed E-state index contributed by atoms with van der Waals surface area (Å²) in [5.74, 6) is 1.19. The van der Waals surface area contributed by atoms with Crippen molar-refractivity contribution < 1.29 is 0 Å². The van der Waals surface area contributed by atoms with Crippen LogP contribution in [0.3, 0.4) is 0 Å². The van der Waals surface area contributed by atoms with Gasteiger partial charge in [0, 0.05) is 17.7 Å². The maximum Gasteiger partial charge on any atom is 0.114 e. The predicted octanol–water partition coefficient (Wildman–Crippen LogP) is 4.10. The maximum atomic E-state index is 4.68. The summed E-state index contributed by atoms with van der Waals surface area (Å²) in [4.78, 5) is 4.68. The smallest absolute Gasteiger partial charge is 0.114 e. The van der Waals surface area contributed by atoms with Gasteiger partial charge >= 0.3 is 0 Å². The minimum absolute atomic E-state index is 0.105. The minimum atomic E-state index is 0.105. The average Bonchev–Trinajstić information content (AvgIpc) is 2.43. The molecule has 0 N–H and O–H groups in total. The highest BCUT2D eigenvalue weighted by molar-refractivity contribution is 5.12. The van der Waals surface area contributed by atoms with Crippen molar-refractivity contribution in [2.75, 3.05) is 0 Å². The van der Waals surface area contributed by atoms with Gasteiger partial charge in [-0.2, -0.15) is 0 Å². The van der Waals surface area contributed by atoms with E-state index in [2.05, 4.69) is 71.1 Å². The Morgan fingerprint density at radius 3 is 2.00 bits per heavy atom. The maximum absolute atomic E-state index is 4.68. The molecule has 2 heteroatoms. The third-order valence-electron chi connectivity index (χ3n) is 3.19. The molecule has 0 fully saturated rings. The number of rotatable bonds is 1. The molecule has 1 aromatic rings. The summed E-state index contributed by atoms with van der Waals surface area (Å²) in [6.45, 7) is 17.8. The summed E-state index contributed by atoms with van der Waals surface area (Å²) in [5.41, 5.74) is 1.47. The average molecular weight is 222 g/mol. The van der Waals surface area contributed by atoms with E-state index in [4.69, 9.17) is 0 Å². The van der Waals surface area contributed by atoms with Crippen LogP contribution in [0, 0.1) is 12.3 Å². The zero-order valence-electron chi connectivity index (χ0n) is 12.0. The fourth-order valence-electron chi connectivity index (χ4n) is 1.78. The van der Waals surface area contributed by atoms with Crippen molar-refractivity contribution in [1.82, 2.24) is 9.55 Å². The second kappa shape index (κ2) is 3.90. The Morgan fingerprint density at radius 1 is 1.12 bits per heavy atom. The highest BCUT2D eigenvalue weighted by atomic mass is 15.1. The largest absolute Gasteiger partial charge is 0.331 e. The lowest BCUT2D eigenvalue weighted by Gasteiger charge is -2.32. The third-order valence-corrected chi connectivity index (χ3v) is 3.19. The molecule has 0 aliphatic rings. The monoisotopic (exact) mass is 222 g/mol. The van der Waals surface area contributed by atoms with Crippen molar-refractivity contribution in [3.63, 3.8) is 0 Å². The highest BCUT2D eigenvalue weighted by Crippen LogP contribution is 2.34. The Balaban J connectivity index is 3.24. The van der Waals surface area contributed by atoms with Crippen molar-refractivity contribution in [3.05, 3.63) is 17.7 Å². The van der Waals surface area contributed by atoms with Crippen LogP contribution >= 0.6 is 0 Å². The summed E-state index contributed by atoms with van der Waals surface area (Å²) >= 11 is 0. The molecule has 0 amide bonds. The van der Waals surface area contributed by atoms with Crippen molar-refractivity contribution >= 4 is 0 Å². The van der Waals surface area contributed by atoms with E-state index in [9.17, 15) is 0 Å². The van der Waals surface area contributed by atoms with Gasteiger partial charge in [0.05, 0.1) is 5.69 Å². The van der Waals surface area contributed by atoms with Crippen LogP contribution in [0.5, 0.6) is 0 Å². The van der Waals surface area contributed by atoms with Gasteiger partial charge in [-0.05, 0) is 19.3 Å². The molecular formula is C14H26N2. The van der Waals surface area contributed by atoms with E-state index in [1.54, 1.807) is 0 Å². The molecule has 1 rings (SSSR count). The van der Waals surface area contributed by atoms with E-state index >= 15 is 0 Å². The molecule has 2 nitrogen and oxygen atoms in total. The van der Waals surface area contributed by atoms with E-state index in [-0.39, 0.29) is 10.8 Å². The van der Waals surface area contributed by atoms with Crippen LogP contribution < -0.4 is 0 Å². The molecule has 0 bridgehead atoms. The van der Waals surface area contributed by atoms with Crippen molar-refractivity contribution in [1.29, 1.82) is 0 Å². The van der Waals surface area contributed by atoms with Gasteiger partial charge in [-0.3, -0.25) is 0 Å². The van der Waals surface area contributed by atoms with E-state index < -0.39 is 0 Å². The zero-order valence-corrected chi connectivity index (χ0v) is 12.0. The standard InChI is InChI=1S/C14H26N2/c1-10-9-16(11(2)13(3,4)5)12(15-10)14(6,7)8/h9,11H,1-8H3. The normalized spacial score (nSPS) is 15.2. The van der Waals surface area contributed by atoms with Gasteiger partial charge < -0.3 is 4.57 Å². The van der Waals surface area contributed by atoms with Crippen molar-refractivity contribution in [2.45, 2.75) is 66.8 Å².